The largest absolute Gasteiger partial charge is 0.329 e. The lowest BCUT2D eigenvalue weighted by atomic mass is 10.7. The second-order valence-electron chi connectivity index (χ2n) is 1.06. The average Bonchev–Trinajstić information content (AvgIpc) is 1.35. The molecule has 0 saturated heterocycles. The molecule has 0 unspecified atom stereocenters. The Morgan fingerprint density at radius 1 is 1.67 bits per heavy atom. The molecule has 0 rings (SSSR count). The van der Waals surface area contributed by atoms with Gasteiger partial charge in [0.1, 0.15) is 0 Å². The van der Waals surface area contributed by atoms with Crippen LogP contribution in [0, 0.1) is 0 Å². The summed E-state index contributed by atoms with van der Waals surface area (Å²) in [7, 11) is 1.86. The molecule has 0 spiro atoms. The number of hydrogen-bond donors (Lipinski definition) is 1. The Hall–Kier alpha value is -0.110. The standard InChI is InChI=1S/C4H9NS/c1-3-4-5(2)6/h3-4,6H,1-2H3/b4-3-. The maximum absolute atomic E-state index is 3.92. The van der Waals surface area contributed by atoms with Crippen molar-refractivity contribution < 1.29 is 0 Å². The molecular weight excluding hydrogens is 94.1 g/mol. The van der Waals surface area contributed by atoms with Crippen molar-refractivity contribution in [2.75, 3.05) is 7.05 Å². The lowest BCUT2D eigenvalue weighted by molar-refractivity contribution is 0.784. The first-order valence-corrected chi connectivity index (χ1v) is 2.22. The topological polar surface area (TPSA) is 3.24 Å². The molecule has 0 bridgehead atoms. The van der Waals surface area contributed by atoms with Crippen LogP contribution in [-0.2, 0) is 0 Å². The minimum absolute atomic E-state index is 1.69. The third kappa shape index (κ3) is 3.89. The van der Waals surface area contributed by atoms with Crippen molar-refractivity contribution in [1.29, 1.82) is 0 Å². The van der Waals surface area contributed by atoms with Crippen LogP contribution in [0.5, 0.6) is 0 Å². The van der Waals surface area contributed by atoms with Gasteiger partial charge in [0.05, 0.1) is 0 Å². The van der Waals surface area contributed by atoms with Crippen LogP contribution in [0.4, 0.5) is 0 Å². The van der Waals surface area contributed by atoms with Crippen LogP contribution in [0.3, 0.4) is 0 Å². The summed E-state index contributed by atoms with van der Waals surface area (Å²) in [6.07, 6.45) is 3.79. The smallest absolute Gasteiger partial charge is 0.0173 e. The van der Waals surface area contributed by atoms with E-state index in [9.17, 15) is 0 Å². The van der Waals surface area contributed by atoms with Crippen molar-refractivity contribution >= 4 is 12.8 Å². The Balaban J connectivity index is 3.03. The first-order valence-electron chi connectivity index (χ1n) is 1.82. The van der Waals surface area contributed by atoms with Gasteiger partial charge >= 0.3 is 0 Å². The summed E-state index contributed by atoms with van der Waals surface area (Å²) in [4.78, 5) is 0. The SMILES string of the molecule is C/C=C\N(C)S. The molecule has 0 saturated carbocycles. The fourth-order valence-electron chi connectivity index (χ4n) is 0.216. The summed E-state index contributed by atoms with van der Waals surface area (Å²) in [6.45, 7) is 1.95. The van der Waals surface area contributed by atoms with E-state index < -0.39 is 0 Å². The predicted octanol–water partition coefficient (Wildman–Crippen LogP) is 1.30. The summed E-state index contributed by atoms with van der Waals surface area (Å²) in [6, 6.07) is 0. The minimum Gasteiger partial charge on any atom is -0.329 e. The van der Waals surface area contributed by atoms with E-state index in [4.69, 9.17) is 0 Å². The van der Waals surface area contributed by atoms with E-state index in [1.54, 1.807) is 4.31 Å². The monoisotopic (exact) mass is 103 g/mol. The molecule has 36 valence electrons. The molecule has 6 heavy (non-hydrogen) atoms. The van der Waals surface area contributed by atoms with Crippen LogP contribution in [-0.4, -0.2) is 11.4 Å². The highest BCUT2D eigenvalue weighted by atomic mass is 32.1. The van der Waals surface area contributed by atoms with Gasteiger partial charge in [0.15, 0.2) is 0 Å². The van der Waals surface area contributed by atoms with Gasteiger partial charge in [0.2, 0.25) is 0 Å². The first kappa shape index (κ1) is 5.89. The molecule has 0 radical (unpaired) electrons. The molecule has 0 heterocycles. The van der Waals surface area contributed by atoms with Gasteiger partial charge in [0, 0.05) is 13.2 Å². The molecule has 0 aromatic heterocycles. The van der Waals surface area contributed by atoms with Crippen LogP contribution in [0.1, 0.15) is 6.92 Å². The summed E-state index contributed by atoms with van der Waals surface area (Å²) in [5.74, 6) is 0. The molecule has 1 nitrogen and oxygen atoms in total. The third-order valence-electron chi connectivity index (χ3n) is 0.365. The lowest BCUT2D eigenvalue weighted by Gasteiger charge is -1.97. The highest BCUT2D eigenvalue weighted by Gasteiger charge is 1.67. The Morgan fingerprint density at radius 3 is 2.17 bits per heavy atom. The second-order valence-corrected chi connectivity index (χ2v) is 1.69. The van der Waals surface area contributed by atoms with Crippen LogP contribution >= 0.6 is 12.8 Å². The summed E-state index contributed by atoms with van der Waals surface area (Å²) in [5, 5.41) is 0. The Morgan fingerprint density at radius 2 is 2.17 bits per heavy atom. The third-order valence-corrected chi connectivity index (χ3v) is 0.498. The maximum atomic E-state index is 3.92. The minimum atomic E-state index is 1.69. The summed E-state index contributed by atoms with van der Waals surface area (Å²) >= 11 is 3.92. The fourth-order valence-corrected chi connectivity index (χ4v) is 0.349. The van der Waals surface area contributed by atoms with Gasteiger partial charge in [0.25, 0.3) is 0 Å². The zero-order valence-corrected chi connectivity index (χ0v) is 4.94. The van der Waals surface area contributed by atoms with E-state index in [0.717, 1.165) is 0 Å². The van der Waals surface area contributed by atoms with E-state index >= 15 is 0 Å². The van der Waals surface area contributed by atoms with Crippen LogP contribution in [0.25, 0.3) is 0 Å². The van der Waals surface area contributed by atoms with E-state index in [-0.39, 0.29) is 0 Å². The van der Waals surface area contributed by atoms with Crippen molar-refractivity contribution in [3.8, 4) is 0 Å². The number of allylic oxidation sites excluding steroid dienone is 1. The molecule has 0 aliphatic carbocycles. The van der Waals surface area contributed by atoms with Crippen LogP contribution in [0.15, 0.2) is 12.3 Å². The zero-order chi connectivity index (χ0) is 4.99. The zero-order valence-electron chi connectivity index (χ0n) is 4.05. The number of nitrogens with zero attached hydrogens (tertiary/aromatic N) is 1. The van der Waals surface area contributed by atoms with Gasteiger partial charge < -0.3 is 4.31 Å². The van der Waals surface area contributed by atoms with E-state index in [1.165, 1.54) is 0 Å². The summed E-state index contributed by atoms with van der Waals surface area (Å²) in [5.41, 5.74) is 0. The van der Waals surface area contributed by atoms with E-state index in [0.29, 0.717) is 0 Å². The second kappa shape index (κ2) is 3.09. The first-order chi connectivity index (χ1) is 2.77. The Kier molecular flexibility index (Phi) is 3.04. The number of rotatable bonds is 1. The van der Waals surface area contributed by atoms with Crippen molar-refractivity contribution in [3.05, 3.63) is 12.3 Å². The highest BCUT2D eigenvalue weighted by Crippen LogP contribution is 1.84. The van der Waals surface area contributed by atoms with Crippen molar-refractivity contribution in [2.45, 2.75) is 6.92 Å². The average molecular weight is 103 g/mol. The number of thiol groups is 1. The number of hydrogen-bond acceptors (Lipinski definition) is 2. The predicted molar refractivity (Wildman–Crippen MR) is 31.6 cm³/mol. The maximum Gasteiger partial charge on any atom is 0.0173 e. The van der Waals surface area contributed by atoms with Gasteiger partial charge in [-0.05, 0) is 6.92 Å². The molecule has 0 aliphatic heterocycles. The van der Waals surface area contributed by atoms with Gasteiger partial charge in [-0.15, -0.1) is 0 Å². The van der Waals surface area contributed by atoms with Crippen molar-refractivity contribution in [2.24, 2.45) is 0 Å². The molecular formula is C4H9NS. The molecule has 0 aliphatic rings. The molecule has 0 aromatic rings. The van der Waals surface area contributed by atoms with E-state index in [1.807, 2.05) is 26.2 Å². The fraction of sp³-hybridized carbons (Fsp3) is 0.500. The highest BCUT2D eigenvalue weighted by molar-refractivity contribution is 7.77. The van der Waals surface area contributed by atoms with Gasteiger partial charge in [-0.25, -0.2) is 0 Å². The molecule has 0 aromatic carbocycles. The van der Waals surface area contributed by atoms with Crippen LogP contribution in [0.2, 0.25) is 0 Å². The molecule has 0 atom stereocenters. The molecule has 0 N–H and O–H groups in total. The lowest BCUT2D eigenvalue weighted by Crippen LogP contribution is -1.89. The molecule has 0 amide bonds. The Labute approximate surface area is 44.2 Å². The van der Waals surface area contributed by atoms with E-state index in [2.05, 4.69) is 12.8 Å². The van der Waals surface area contributed by atoms with Gasteiger partial charge in [-0.3, -0.25) is 0 Å². The van der Waals surface area contributed by atoms with Gasteiger partial charge in [-0.2, -0.15) is 0 Å². The van der Waals surface area contributed by atoms with Gasteiger partial charge in [-0.1, -0.05) is 18.9 Å². The van der Waals surface area contributed by atoms with Crippen LogP contribution < -0.4 is 0 Å². The molecule has 2 heteroatoms. The van der Waals surface area contributed by atoms with Crippen molar-refractivity contribution in [1.82, 2.24) is 4.31 Å². The van der Waals surface area contributed by atoms with Crippen molar-refractivity contribution in [3.63, 3.8) is 0 Å². The quantitative estimate of drug-likeness (QED) is 0.489. The summed E-state index contributed by atoms with van der Waals surface area (Å²) < 4.78 is 1.69. The normalized spacial score (nSPS) is 9.83. The molecule has 0 fully saturated rings. The Bertz CT molecular complexity index is 49.5.